The average molecular weight is 320 g/mol. The van der Waals surface area contributed by atoms with Gasteiger partial charge in [-0.05, 0) is 11.1 Å². The lowest BCUT2D eigenvalue weighted by Gasteiger charge is -2.19. The maximum Gasteiger partial charge on any atom is 0.315 e. The van der Waals surface area contributed by atoms with E-state index in [0.717, 1.165) is 17.0 Å². The predicted octanol–water partition coefficient (Wildman–Crippen LogP) is 3.01. The maximum absolute atomic E-state index is 12.3. The van der Waals surface area contributed by atoms with Crippen molar-refractivity contribution in [2.45, 2.75) is 12.6 Å². The summed E-state index contributed by atoms with van der Waals surface area (Å²) in [5, 5.41) is 5.91. The van der Waals surface area contributed by atoms with E-state index in [4.69, 9.17) is 0 Å². The van der Waals surface area contributed by atoms with Crippen LogP contribution in [0.25, 0.3) is 0 Å². The summed E-state index contributed by atoms with van der Waals surface area (Å²) in [6, 6.07) is 19.1. The summed E-state index contributed by atoms with van der Waals surface area (Å²) in [7, 11) is 1.92. The number of benzene rings is 2. The van der Waals surface area contributed by atoms with Crippen LogP contribution in [0, 0.1) is 0 Å². The number of imidazole rings is 1. The molecule has 1 heterocycles. The van der Waals surface area contributed by atoms with Crippen LogP contribution in [0.3, 0.4) is 0 Å². The molecule has 2 N–H and O–H groups in total. The molecule has 0 aliphatic carbocycles. The smallest absolute Gasteiger partial charge is 0.315 e. The number of hydrogen-bond donors (Lipinski definition) is 2. The molecule has 0 aliphatic heterocycles. The Hall–Kier alpha value is -3.08. The largest absolute Gasteiger partial charge is 0.336 e. The maximum atomic E-state index is 12.3. The zero-order valence-electron chi connectivity index (χ0n) is 13.5. The molecule has 0 fully saturated rings. The molecule has 0 spiro atoms. The summed E-state index contributed by atoms with van der Waals surface area (Å²) in [4.78, 5) is 16.7. The van der Waals surface area contributed by atoms with Crippen molar-refractivity contribution in [3.63, 3.8) is 0 Å². The fraction of sp³-hybridized carbons (Fsp3) is 0.158. The van der Waals surface area contributed by atoms with Crippen molar-refractivity contribution in [1.82, 2.24) is 20.2 Å². The van der Waals surface area contributed by atoms with Crippen molar-refractivity contribution in [3.8, 4) is 0 Å². The zero-order valence-corrected chi connectivity index (χ0v) is 13.5. The van der Waals surface area contributed by atoms with Crippen LogP contribution in [0.1, 0.15) is 23.0 Å². The van der Waals surface area contributed by atoms with Gasteiger partial charge in [-0.2, -0.15) is 0 Å². The number of carbonyl (C=O) groups is 1. The van der Waals surface area contributed by atoms with Crippen LogP contribution in [-0.2, 0) is 13.6 Å². The highest BCUT2D eigenvalue weighted by molar-refractivity contribution is 5.74. The minimum absolute atomic E-state index is 0.226. The van der Waals surface area contributed by atoms with Crippen molar-refractivity contribution in [1.29, 1.82) is 0 Å². The second-order valence-electron chi connectivity index (χ2n) is 5.55. The number of aromatic nitrogens is 2. The van der Waals surface area contributed by atoms with E-state index < -0.39 is 0 Å². The second-order valence-corrected chi connectivity index (χ2v) is 5.55. The summed E-state index contributed by atoms with van der Waals surface area (Å²) in [6.45, 7) is 0.481. The minimum Gasteiger partial charge on any atom is -0.336 e. The Morgan fingerprint density at radius 3 is 2.38 bits per heavy atom. The second kappa shape index (κ2) is 7.46. The summed E-state index contributed by atoms with van der Waals surface area (Å²) >= 11 is 0. The summed E-state index contributed by atoms with van der Waals surface area (Å²) in [5.41, 5.74) is 2.04. The first kappa shape index (κ1) is 15.8. The zero-order chi connectivity index (χ0) is 16.8. The van der Waals surface area contributed by atoms with Crippen LogP contribution < -0.4 is 10.6 Å². The highest BCUT2D eigenvalue weighted by atomic mass is 16.2. The fourth-order valence-electron chi connectivity index (χ4n) is 2.56. The van der Waals surface area contributed by atoms with Crippen LogP contribution >= 0.6 is 0 Å². The first-order valence-corrected chi connectivity index (χ1v) is 7.84. The molecule has 1 atom stereocenters. The Morgan fingerprint density at radius 1 is 1.08 bits per heavy atom. The number of nitrogens with zero attached hydrogens (tertiary/aromatic N) is 2. The molecule has 1 aromatic heterocycles. The number of amides is 2. The topological polar surface area (TPSA) is 59.0 Å². The van der Waals surface area contributed by atoms with Gasteiger partial charge in [0, 0.05) is 26.0 Å². The molecular weight excluding hydrogens is 300 g/mol. The SMILES string of the molecule is Cn1ccnc1C(NC(=O)NCc1ccccc1)c1ccccc1. The molecule has 0 radical (unpaired) electrons. The van der Waals surface area contributed by atoms with Crippen molar-refractivity contribution in [2.24, 2.45) is 7.05 Å². The van der Waals surface area contributed by atoms with Gasteiger partial charge in [0.25, 0.3) is 0 Å². The molecule has 2 amide bonds. The number of nitrogens with one attached hydrogen (secondary N) is 2. The molecule has 24 heavy (non-hydrogen) atoms. The van der Waals surface area contributed by atoms with Crippen LogP contribution in [0.15, 0.2) is 73.1 Å². The van der Waals surface area contributed by atoms with Gasteiger partial charge in [0.05, 0.1) is 0 Å². The van der Waals surface area contributed by atoms with Crippen LogP contribution in [0.4, 0.5) is 4.79 Å². The van der Waals surface area contributed by atoms with Gasteiger partial charge >= 0.3 is 6.03 Å². The third kappa shape index (κ3) is 3.81. The molecule has 5 heteroatoms. The first-order chi connectivity index (χ1) is 11.7. The average Bonchev–Trinajstić information content (AvgIpc) is 3.05. The lowest BCUT2D eigenvalue weighted by atomic mass is 10.1. The van der Waals surface area contributed by atoms with Crippen molar-refractivity contribution < 1.29 is 4.79 Å². The van der Waals surface area contributed by atoms with E-state index in [1.807, 2.05) is 78.5 Å². The third-order valence-corrected chi connectivity index (χ3v) is 3.82. The quantitative estimate of drug-likeness (QED) is 0.759. The number of carbonyl (C=O) groups excluding carboxylic acids is 1. The Balaban J connectivity index is 1.72. The number of hydrogen-bond acceptors (Lipinski definition) is 2. The van der Waals surface area contributed by atoms with Gasteiger partial charge in [-0.25, -0.2) is 9.78 Å². The summed E-state index contributed by atoms with van der Waals surface area (Å²) in [6.07, 6.45) is 3.60. The first-order valence-electron chi connectivity index (χ1n) is 7.84. The Labute approximate surface area is 141 Å². The van der Waals surface area contributed by atoms with E-state index in [0.29, 0.717) is 6.54 Å². The Morgan fingerprint density at radius 2 is 1.75 bits per heavy atom. The molecule has 5 nitrogen and oxygen atoms in total. The number of aryl methyl sites for hydroxylation is 1. The van der Waals surface area contributed by atoms with E-state index in [1.165, 1.54) is 0 Å². The Kier molecular flexibility index (Phi) is 4.91. The van der Waals surface area contributed by atoms with Gasteiger partial charge < -0.3 is 15.2 Å². The summed E-state index contributed by atoms with van der Waals surface area (Å²) < 4.78 is 1.91. The van der Waals surface area contributed by atoms with Crippen LogP contribution in [0.5, 0.6) is 0 Å². The standard InChI is InChI=1S/C19H20N4O/c1-23-13-12-20-18(23)17(16-10-6-3-7-11-16)22-19(24)21-14-15-8-4-2-5-9-15/h2-13,17H,14H2,1H3,(H2,21,22,24). The molecule has 0 saturated carbocycles. The van der Waals surface area contributed by atoms with Gasteiger partial charge in [0.15, 0.2) is 0 Å². The van der Waals surface area contributed by atoms with Gasteiger partial charge in [-0.1, -0.05) is 60.7 Å². The van der Waals surface area contributed by atoms with Gasteiger partial charge in [-0.15, -0.1) is 0 Å². The van der Waals surface area contributed by atoms with E-state index >= 15 is 0 Å². The number of urea groups is 1. The molecule has 0 aliphatic rings. The highest BCUT2D eigenvalue weighted by Gasteiger charge is 2.20. The van der Waals surface area contributed by atoms with Gasteiger partial charge in [0.1, 0.15) is 11.9 Å². The Bertz CT molecular complexity index is 783. The summed E-state index contributed by atoms with van der Waals surface area (Å²) in [5.74, 6) is 0.788. The van der Waals surface area contributed by atoms with Crippen LogP contribution in [-0.4, -0.2) is 15.6 Å². The van der Waals surface area contributed by atoms with E-state index in [9.17, 15) is 4.79 Å². The molecule has 0 bridgehead atoms. The van der Waals surface area contributed by atoms with E-state index in [1.54, 1.807) is 6.20 Å². The fourth-order valence-corrected chi connectivity index (χ4v) is 2.56. The lowest BCUT2D eigenvalue weighted by molar-refractivity contribution is 0.237. The third-order valence-electron chi connectivity index (χ3n) is 3.82. The molecule has 0 saturated heterocycles. The molecule has 122 valence electrons. The van der Waals surface area contributed by atoms with Crippen LogP contribution in [0.2, 0.25) is 0 Å². The molecule has 3 rings (SSSR count). The number of rotatable bonds is 5. The van der Waals surface area contributed by atoms with Crippen molar-refractivity contribution in [3.05, 3.63) is 90.0 Å². The van der Waals surface area contributed by atoms with E-state index in [-0.39, 0.29) is 12.1 Å². The van der Waals surface area contributed by atoms with Crippen molar-refractivity contribution in [2.75, 3.05) is 0 Å². The monoisotopic (exact) mass is 320 g/mol. The van der Waals surface area contributed by atoms with E-state index in [2.05, 4.69) is 15.6 Å². The molecular formula is C19H20N4O. The minimum atomic E-state index is -0.304. The molecule has 3 aromatic rings. The van der Waals surface area contributed by atoms with Gasteiger partial charge in [-0.3, -0.25) is 0 Å². The highest BCUT2D eigenvalue weighted by Crippen LogP contribution is 2.19. The lowest BCUT2D eigenvalue weighted by Crippen LogP contribution is -2.38. The van der Waals surface area contributed by atoms with Gasteiger partial charge in [0.2, 0.25) is 0 Å². The van der Waals surface area contributed by atoms with Crippen molar-refractivity contribution >= 4 is 6.03 Å². The molecule has 1 unspecified atom stereocenters. The molecule has 2 aromatic carbocycles. The predicted molar refractivity (Wildman–Crippen MR) is 93.3 cm³/mol. The normalized spacial score (nSPS) is 11.7.